The molecular formula is C15H14FN3O2. The lowest BCUT2D eigenvalue weighted by atomic mass is 10.2. The van der Waals surface area contributed by atoms with Gasteiger partial charge in [0.2, 0.25) is 0 Å². The van der Waals surface area contributed by atoms with Crippen molar-refractivity contribution >= 4 is 28.9 Å². The van der Waals surface area contributed by atoms with Crippen LogP contribution in [-0.4, -0.2) is 11.8 Å². The van der Waals surface area contributed by atoms with Crippen LogP contribution in [0.2, 0.25) is 0 Å². The highest BCUT2D eigenvalue weighted by molar-refractivity contribution is 6.43. The van der Waals surface area contributed by atoms with Crippen LogP contribution in [0.1, 0.15) is 5.56 Å². The number of para-hydroxylation sites is 1. The molecule has 0 radical (unpaired) electrons. The van der Waals surface area contributed by atoms with E-state index < -0.39 is 17.6 Å². The normalized spacial score (nSPS) is 10.0. The number of nitrogens with one attached hydrogen (secondary N) is 2. The van der Waals surface area contributed by atoms with Crippen LogP contribution >= 0.6 is 0 Å². The molecule has 0 heterocycles. The number of rotatable bonds is 2. The Labute approximate surface area is 121 Å². The molecule has 4 N–H and O–H groups in total. The zero-order valence-corrected chi connectivity index (χ0v) is 11.3. The SMILES string of the molecule is Cc1ccc(N)c(NC(=O)C(=O)Nc2ccccc2F)c1. The van der Waals surface area contributed by atoms with Crippen LogP contribution in [0.5, 0.6) is 0 Å². The molecule has 5 nitrogen and oxygen atoms in total. The average molecular weight is 287 g/mol. The van der Waals surface area contributed by atoms with Gasteiger partial charge in [-0.2, -0.15) is 0 Å². The van der Waals surface area contributed by atoms with Crippen LogP contribution in [0.15, 0.2) is 42.5 Å². The Morgan fingerprint density at radius 3 is 2.29 bits per heavy atom. The van der Waals surface area contributed by atoms with Crippen molar-refractivity contribution in [2.45, 2.75) is 6.92 Å². The van der Waals surface area contributed by atoms with Crippen LogP contribution in [0, 0.1) is 12.7 Å². The average Bonchev–Trinajstić information content (AvgIpc) is 2.45. The topological polar surface area (TPSA) is 84.2 Å². The Bertz CT molecular complexity index is 701. The molecule has 21 heavy (non-hydrogen) atoms. The van der Waals surface area contributed by atoms with Crippen molar-refractivity contribution in [3.63, 3.8) is 0 Å². The van der Waals surface area contributed by atoms with Crippen molar-refractivity contribution < 1.29 is 14.0 Å². The summed E-state index contributed by atoms with van der Waals surface area (Å²) in [4.78, 5) is 23.5. The highest BCUT2D eigenvalue weighted by atomic mass is 19.1. The zero-order chi connectivity index (χ0) is 15.4. The Morgan fingerprint density at radius 2 is 1.62 bits per heavy atom. The summed E-state index contributed by atoms with van der Waals surface area (Å²) in [5.41, 5.74) is 7.21. The number of carbonyl (C=O) groups is 2. The summed E-state index contributed by atoms with van der Waals surface area (Å²) >= 11 is 0. The third kappa shape index (κ3) is 3.56. The Balaban J connectivity index is 2.08. The third-order valence-electron chi connectivity index (χ3n) is 2.79. The summed E-state index contributed by atoms with van der Waals surface area (Å²) in [6, 6.07) is 10.6. The van der Waals surface area contributed by atoms with Gasteiger partial charge in [-0.05, 0) is 36.8 Å². The van der Waals surface area contributed by atoms with E-state index >= 15 is 0 Å². The van der Waals surface area contributed by atoms with E-state index in [4.69, 9.17) is 5.73 Å². The minimum Gasteiger partial charge on any atom is -0.397 e. The molecule has 2 rings (SSSR count). The second-order valence-electron chi connectivity index (χ2n) is 4.48. The van der Waals surface area contributed by atoms with Gasteiger partial charge in [-0.3, -0.25) is 9.59 Å². The Hall–Kier alpha value is -2.89. The Morgan fingerprint density at radius 1 is 1.00 bits per heavy atom. The summed E-state index contributed by atoms with van der Waals surface area (Å²) in [5.74, 6) is -2.51. The number of amides is 2. The zero-order valence-electron chi connectivity index (χ0n) is 11.3. The molecule has 2 aromatic rings. The van der Waals surface area contributed by atoms with Gasteiger partial charge < -0.3 is 16.4 Å². The maximum Gasteiger partial charge on any atom is 0.314 e. The van der Waals surface area contributed by atoms with Gasteiger partial charge >= 0.3 is 11.8 Å². The lowest BCUT2D eigenvalue weighted by Crippen LogP contribution is -2.29. The molecule has 0 saturated carbocycles. The molecule has 0 aliphatic rings. The number of hydrogen-bond acceptors (Lipinski definition) is 3. The van der Waals surface area contributed by atoms with Crippen LogP contribution in [-0.2, 0) is 9.59 Å². The standard InChI is InChI=1S/C15H14FN3O2/c1-9-6-7-11(17)13(8-9)19-15(21)14(20)18-12-5-3-2-4-10(12)16/h2-8H,17H2,1H3,(H,18,20)(H,19,21). The van der Waals surface area contributed by atoms with Gasteiger partial charge in [-0.1, -0.05) is 18.2 Å². The quantitative estimate of drug-likeness (QED) is 0.585. The molecular weight excluding hydrogens is 273 g/mol. The summed E-state index contributed by atoms with van der Waals surface area (Å²) in [6.45, 7) is 1.83. The fourth-order valence-electron chi connectivity index (χ4n) is 1.70. The van der Waals surface area contributed by atoms with E-state index in [0.717, 1.165) is 5.56 Å². The van der Waals surface area contributed by atoms with E-state index in [2.05, 4.69) is 10.6 Å². The largest absolute Gasteiger partial charge is 0.397 e. The van der Waals surface area contributed by atoms with E-state index in [9.17, 15) is 14.0 Å². The number of halogens is 1. The van der Waals surface area contributed by atoms with E-state index in [0.29, 0.717) is 11.4 Å². The second-order valence-corrected chi connectivity index (χ2v) is 4.48. The van der Waals surface area contributed by atoms with Gasteiger partial charge in [0, 0.05) is 0 Å². The predicted molar refractivity (Wildman–Crippen MR) is 79.3 cm³/mol. The lowest BCUT2D eigenvalue weighted by Gasteiger charge is -2.09. The van der Waals surface area contributed by atoms with Crippen LogP contribution in [0.3, 0.4) is 0 Å². The fraction of sp³-hybridized carbons (Fsp3) is 0.0667. The molecule has 0 saturated heterocycles. The number of carbonyl (C=O) groups excluding carboxylic acids is 2. The number of hydrogen-bond donors (Lipinski definition) is 3. The lowest BCUT2D eigenvalue weighted by molar-refractivity contribution is -0.133. The monoisotopic (exact) mass is 287 g/mol. The number of nitrogens with two attached hydrogens (primary N) is 1. The number of nitrogen functional groups attached to an aromatic ring is 1. The number of aryl methyl sites for hydroxylation is 1. The van der Waals surface area contributed by atoms with Crippen molar-refractivity contribution in [3.05, 3.63) is 53.8 Å². The van der Waals surface area contributed by atoms with Gasteiger partial charge in [-0.25, -0.2) is 4.39 Å². The first-order chi connectivity index (χ1) is 9.97. The highest BCUT2D eigenvalue weighted by Gasteiger charge is 2.16. The van der Waals surface area contributed by atoms with E-state index in [1.807, 2.05) is 6.92 Å². The first-order valence-electron chi connectivity index (χ1n) is 6.20. The molecule has 0 atom stereocenters. The van der Waals surface area contributed by atoms with Crippen LogP contribution < -0.4 is 16.4 Å². The summed E-state index contributed by atoms with van der Waals surface area (Å²) in [5, 5.41) is 4.59. The van der Waals surface area contributed by atoms with Gasteiger partial charge in [-0.15, -0.1) is 0 Å². The van der Waals surface area contributed by atoms with Crippen molar-refractivity contribution in [2.75, 3.05) is 16.4 Å². The minimum atomic E-state index is -0.971. The molecule has 2 aromatic carbocycles. The summed E-state index contributed by atoms with van der Waals surface area (Å²) in [7, 11) is 0. The molecule has 6 heteroatoms. The molecule has 0 aromatic heterocycles. The molecule has 0 unspecified atom stereocenters. The van der Waals surface area contributed by atoms with Crippen molar-refractivity contribution in [2.24, 2.45) is 0 Å². The fourth-order valence-corrected chi connectivity index (χ4v) is 1.70. The minimum absolute atomic E-state index is 0.0603. The van der Waals surface area contributed by atoms with Gasteiger partial charge in [0.15, 0.2) is 0 Å². The van der Waals surface area contributed by atoms with Crippen LogP contribution in [0.25, 0.3) is 0 Å². The molecule has 0 spiro atoms. The maximum absolute atomic E-state index is 13.4. The first kappa shape index (κ1) is 14.5. The molecule has 0 aliphatic heterocycles. The highest BCUT2D eigenvalue weighted by Crippen LogP contribution is 2.19. The van der Waals surface area contributed by atoms with Crippen molar-refractivity contribution in [3.8, 4) is 0 Å². The second kappa shape index (κ2) is 6.04. The molecule has 0 fully saturated rings. The molecule has 108 valence electrons. The summed E-state index contributed by atoms with van der Waals surface area (Å²) in [6.07, 6.45) is 0. The van der Waals surface area contributed by atoms with Crippen molar-refractivity contribution in [1.82, 2.24) is 0 Å². The van der Waals surface area contributed by atoms with E-state index in [1.165, 1.54) is 18.2 Å². The molecule has 0 bridgehead atoms. The van der Waals surface area contributed by atoms with Crippen LogP contribution in [0.4, 0.5) is 21.5 Å². The van der Waals surface area contributed by atoms with Crippen molar-refractivity contribution in [1.29, 1.82) is 0 Å². The molecule has 0 aliphatic carbocycles. The Kier molecular flexibility index (Phi) is 4.18. The maximum atomic E-state index is 13.4. The number of benzene rings is 2. The van der Waals surface area contributed by atoms with E-state index in [1.54, 1.807) is 24.3 Å². The predicted octanol–water partition coefficient (Wildman–Crippen LogP) is 2.29. The van der Waals surface area contributed by atoms with E-state index in [-0.39, 0.29) is 5.69 Å². The van der Waals surface area contributed by atoms with Gasteiger partial charge in [0.25, 0.3) is 0 Å². The third-order valence-corrected chi connectivity index (χ3v) is 2.79. The first-order valence-corrected chi connectivity index (χ1v) is 6.20. The molecule has 2 amide bonds. The van der Waals surface area contributed by atoms with Gasteiger partial charge in [0.05, 0.1) is 17.1 Å². The smallest absolute Gasteiger partial charge is 0.314 e. The summed E-state index contributed by atoms with van der Waals surface area (Å²) < 4.78 is 13.4. The number of anilines is 3. The van der Waals surface area contributed by atoms with Gasteiger partial charge in [0.1, 0.15) is 5.82 Å².